The van der Waals surface area contributed by atoms with Crippen molar-refractivity contribution in [2.75, 3.05) is 49.3 Å². The van der Waals surface area contributed by atoms with E-state index >= 15 is 0 Å². The second-order valence-corrected chi connectivity index (χ2v) is 9.62. The minimum Gasteiger partial charge on any atom is -0.464 e. The van der Waals surface area contributed by atoms with E-state index in [0.29, 0.717) is 0 Å². The van der Waals surface area contributed by atoms with Crippen molar-refractivity contribution in [1.29, 1.82) is 0 Å². The van der Waals surface area contributed by atoms with E-state index in [-0.39, 0.29) is 0 Å². The van der Waals surface area contributed by atoms with E-state index in [1.165, 1.54) is 11.7 Å². The van der Waals surface area contributed by atoms with Crippen molar-refractivity contribution in [2.45, 2.75) is 25.0 Å². The van der Waals surface area contributed by atoms with Crippen LogP contribution in [-0.2, 0) is 18.1 Å². The maximum atomic E-state index is 5.84. The number of rotatable bonds is 14. The van der Waals surface area contributed by atoms with Gasteiger partial charge in [0.1, 0.15) is 11.5 Å². The van der Waals surface area contributed by atoms with Crippen molar-refractivity contribution in [1.82, 2.24) is 29.1 Å². The van der Waals surface area contributed by atoms with Gasteiger partial charge < -0.3 is 20.0 Å². The SMILES string of the molecule is Cc1n[nH]nc1CSCCNc1nsnc1NCCSCc1ccc(CN(C)C)o1. The molecule has 0 atom stereocenters. The molecular weight excluding hydrogens is 440 g/mol. The molecule has 0 fully saturated rings. The molecule has 3 heterocycles. The Hall–Kier alpha value is -1.76. The van der Waals surface area contributed by atoms with Gasteiger partial charge in [0.25, 0.3) is 0 Å². The van der Waals surface area contributed by atoms with Gasteiger partial charge in [0, 0.05) is 30.3 Å². The van der Waals surface area contributed by atoms with Gasteiger partial charge in [-0.2, -0.15) is 47.7 Å². The number of nitrogens with one attached hydrogen (secondary N) is 3. The molecule has 0 unspecified atom stereocenters. The average molecular weight is 469 g/mol. The molecule has 9 nitrogen and oxygen atoms in total. The lowest BCUT2D eigenvalue weighted by Gasteiger charge is -2.07. The minimum absolute atomic E-state index is 0.822. The molecule has 164 valence electrons. The summed E-state index contributed by atoms with van der Waals surface area (Å²) in [6.45, 7) is 4.45. The van der Waals surface area contributed by atoms with Crippen molar-refractivity contribution >= 4 is 46.9 Å². The summed E-state index contributed by atoms with van der Waals surface area (Å²) in [4.78, 5) is 2.10. The predicted octanol–water partition coefficient (Wildman–Crippen LogP) is 3.31. The Morgan fingerprint density at radius 2 is 1.67 bits per heavy atom. The Kier molecular flexibility index (Phi) is 9.30. The standard InChI is InChI=1S/C18H28N8OS3/c1-13-16(22-25-21-13)12-29-9-7-20-18-17(23-30-24-18)19-6-8-28-11-15-5-4-14(27-15)10-26(2)3/h4-5H,6-12H2,1-3H3,(H,19,23)(H,20,24)(H,21,22,25). The van der Waals surface area contributed by atoms with Gasteiger partial charge in [-0.1, -0.05) is 0 Å². The zero-order valence-corrected chi connectivity index (χ0v) is 19.9. The van der Waals surface area contributed by atoms with E-state index in [1.807, 2.05) is 44.5 Å². The van der Waals surface area contributed by atoms with E-state index < -0.39 is 0 Å². The molecule has 3 N–H and O–H groups in total. The van der Waals surface area contributed by atoms with Crippen LogP contribution in [0.4, 0.5) is 11.6 Å². The summed E-state index contributed by atoms with van der Waals surface area (Å²) in [6, 6.07) is 4.12. The Bertz CT molecular complexity index is 878. The average Bonchev–Trinajstić information content (AvgIpc) is 3.44. The molecule has 0 aliphatic carbocycles. The number of anilines is 2. The lowest BCUT2D eigenvalue weighted by Crippen LogP contribution is -2.10. The molecule has 0 spiro atoms. The number of hydrogen-bond acceptors (Lipinski definition) is 11. The number of aryl methyl sites for hydroxylation is 1. The largest absolute Gasteiger partial charge is 0.464 e. The Balaban J connectivity index is 1.28. The maximum absolute atomic E-state index is 5.84. The number of furan rings is 1. The van der Waals surface area contributed by atoms with E-state index in [2.05, 4.69) is 51.8 Å². The van der Waals surface area contributed by atoms with Crippen molar-refractivity contribution in [3.63, 3.8) is 0 Å². The fraction of sp³-hybridized carbons (Fsp3) is 0.556. The van der Waals surface area contributed by atoms with Crippen LogP contribution in [0.1, 0.15) is 22.9 Å². The number of hydrogen-bond donors (Lipinski definition) is 3. The third kappa shape index (κ3) is 7.49. The number of aromatic amines is 1. The smallest absolute Gasteiger partial charge is 0.184 e. The maximum Gasteiger partial charge on any atom is 0.184 e. The topological polar surface area (TPSA) is 108 Å². The van der Waals surface area contributed by atoms with Gasteiger partial charge in [0.05, 0.1) is 35.4 Å². The third-order valence-corrected chi connectivity index (χ3v) is 6.54. The fourth-order valence-corrected chi connectivity index (χ4v) is 4.70. The lowest BCUT2D eigenvalue weighted by molar-refractivity contribution is 0.344. The summed E-state index contributed by atoms with van der Waals surface area (Å²) in [6.07, 6.45) is 0. The summed E-state index contributed by atoms with van der Waals surface area (Å²) in [7, 11) is 4.08. The fourth-order valence-electron chi connectivity index (χ4n) is 2.58. The normalized spacial score (nSPS) is 11.3. The number of aromatic nitrogens is 5. The van der Waals surface area contributed by atoms with Crippen LogP contribution in [0.3, 0.4) is 0 Å². The van der Waals surface area contributed by atoms with Crippen LogP contribution in [0, 0.1) is 6.92 Å². The molecule has 0 saturated heterocycles. The van der Waals surface area contributed by atoms with Crippen LogP contribution in [0.25, 0.3) is 0 Å². The molecule has 3 rings (SSSR count). The number of thioether (sulfide) groups is 2. The minimum atomic E-state index is 0.822. The molecule has 3 aromatic rings. The summed E-state index contributed by atoms with van der Waals surface area (Å²) in [5.74, 6) is 7.32. The van der Waals surface area contributed by atoms with Gasteiger partial charge >= 0.3 is 0 Å². The van der Waals surface area contributed by atoms with Crippen LogP contribution in [0.2, 0.25) is 0 Å². The first-order valence-corrected chi connectivity index (χ1v) is 12.7. The van der Waals surface area contributed by atoms with Crippen molar-refractivity contribution < 1.29 is 4.42 Å². The Morgan fingerprint density at radius 1 is 1.00 bits per heavy atom. The monoisotopic (exact) mass is 468 g/mol. The molecule has 0 aliphatic rings. The summed E-state index contributed by atoms with van der Waals surface area (Å²) >= 11 is 4.87. The highest BCUT2D eigenvalue weighted by atomic mass is 32.2. The van der Waals surface area contributed by atoms with Crippen molar-refractivity contribution in [2.24, 2.45) is 0 Å². The van der Waals surface area contributed by atoms with Crippen molar-refractivity contribution in [3.05, 3.63) is 35.0 Å². The van der Waals surface area contributed by atoms with E-state index in [9.17, 15) is 0 Å². The van der Waals surface area contributed by atoms with Gasteiger partial charge in [-0.05, 0) is 33.2 Å². The van der Waals surface area contributed by atoms with E-state index in [1.54, 1.807) is 0 Å². The first kappa shape index (κ1) is 22.9. The van der Waals surface area contributed by atoms with Gasteiger partial charge in [-0.3, -0.25) is 0 Å². The summed E-state index contributed by atoms with van der Waals surface area (Å²) in [5.41, 5.74) is 1.98. The Labute approximate surface area is 189 Å². The quantitative estimate of drug-likeness (QED) is 0.305. The third-order valence-electron chi connectivity index (χ3n) is 4.06. The van der Waals surface area contributed by atoms with Gasteiger partial charge in [0.2, 0.25) is 0 Å². The molecule has 3 aromatic heterocycles. The van der Waals surface area contributed by atoms with Gasteiger partial charge in [0.15, 0.2) is 11.6 Å². The highest BCUT2D eigenvalue weighted by Crippen LogP contribution is 2.20. The zero-order chi connectivity index (χ0) is 21.2. The molecule has 30 heavy (non-hydrogen) atoms. The van der Waals surface area contributed by atoms with Crippen LogP contribution < -0.4 is 10.6 Å². The first-order chi connectivity index (χ1) is 14.6. The molecule has 12 heteroatoms. The second-order valence-electron chi connectivity index (χ2n) is 6.88. The lowest BCUT2D eigenvalue weighted by atomic mass is 10.4. The summed E-state index contributed by atoms with van der Waals surface area (Å²) in [5, 5.41) is 17.6. The molecule has 0 aliphatic heterocycles. The van der Waals surface area contributed by atoms with Crippen LogP contribution in [-0.4, -0.2) is 67.7 Å². The molecule has 0 aromatic carbocycles. The van der Waals surface area contributed by atoms with Crippen LogP contribution >= 0.6 is 35.3 Å². The number of nitrogens with zero attached hydrogens (tertiary/aromatic N) is 5. The zero-order valence-electron chi connectivity index (χ0n) is 17.5. The Morgan fingerprint density at radius 3 is 2.30 bits per heavy atom. The predicted molar refractivity (Wildman–Crippen MR) is 126 cm³/mol. The first-order valence-electron chi connectivity index (χ1n) is 9.66. The van der Waals surface area contributed by atoms with Crippen LogP contribution in [0.15, 0.2) is 16.5 Å². The number of H-pyrrole nitrogens is 1. The molecule has 0 bridgehead atoms. The summed E-state index contributed by atoms with van der Waals surface area (Å²) < 4.78 is 14.5. The second kappa shape index (κ2) is 12.2. The molecular formula is C18H28N8OS3. The molecule has 0 saturated carbocycles. The van der Waals surface area contributed by atoms with Gasteiger partial charge in [-0.15, -0.1) is 0 Å². The molecule has 0 radical (unpaired) electrons. The highest BCUT2D eigenvalue weighted by molar-refractivity contribution is 7.98. The van der Waals surface area contributed by atoms with E-state index in [4.69, 9.17) is 4.42 Å². The van der Waals surface area contributed by atoms with Gasteiger partial charge in [-0.25, -0.2) is 0 Å². The highest BCUT2D eigenvalue weighted by Gasteiger charge is 2.08. The molecule has 0 amide bonds. The van der Waals surface area contributed by atoms with Crippen molar-refractivity contribution in [3.8, 4) is 0 Å². The van der Waals surface area contributed by atoms with E-state index in [0.717, 1.165) is 77.2 Å². The van der Waals surface area contributed by atoms with Crippen LogP contribution in [0.5, 0.6) is 0 Å².